The second-order valence-electron chi connectivity index (χ2n) is 4.41. The van der Waals surface area contributed by atoms with E-state index in [1.807, 2.05) is 6.92 Å². The summed E-state index contributed by atoms with van der Waals surface area (Å²) in [6.45, 7) is 4.01. The molecule has 0 heterocycles. The lowest BCUT2D eigenvalue weighted by molar-refractivity contribution is -0.384. The Kier molecular flexibility index (Phi) is 3.80. The molecule has 102 valence electrons. The van der Waals surface area contributed by atoms with E-state index in [1.54, 1.807) is 13.0 Å². The summed E-state index contributed by atoms with van der Waals surface area (Å²) in [4.78, 5) is 21.5. The van der Waals surface area contributed by atoms with Crippen LogP contribution in [0.15, 0.2) is 18.2 Å². The molecule has 1 aromatic carbocycles. The first-order chi connectivity index (χ1) is 9.02. The van der Waals surface area contributed by atoms with Gasteiger partial charge in [-0.2, -0.15) is 0 Å². The standard InChI is InChI=1S/C13H15NO5/c1-3-18-13-10(15)7-12(13)19-11-5-4-9(14(16)17)6-8(11)2/h4-6,12-13H,3,7H2,1-2H3. The molecule has 1 aliphatic rings. The molecule has 0 spiro atoms. The van der Waals surface area contributed by atoms with E-state index in [2.05, 4.69) is 0 Å². The van der Waals surface area contributed by atoms with Crippen molar-refractivity contribution in [1.29, 1.82) is 0 Å². The Hall–Kier alpha value is -1.95. The Morgan fingerprint density at radius 2 is 2.21 bits per heavy atom. The number of hydrogen-bond acceptors (Lipinski definition) is 5. The molecule has 0 radical (unpaired) electrons. The molecule has 1 aromatic rings. The number of benzene rings is 1. The second-order valence-corrected chi connectivity index (χ2v) is 4.41. The summed E-state index contributed by atoms with van der Waals surface area (Å²) >= 11 is 0. The fourth-order valence-electron chi connectivity index (χ4n) is 1.99. The molecular weight excluding hydrogens is 250 g/mol. The zero-order valence-corrected chi connectivity index (χ0v) is 10.8. The Morgan fingerprint density at radius 1 is 1.47 bits per heavy atom. The van der Waals surface area contributed by atoms with Crippen molar-refractivity contribution in [3.63, 3.8) is 0 Å². The Balaban J connectivity index is 2.08. The number of carbonyl (C=O) groups excluding carboxylic acids is 1. The average molecular weight is 265 g/mol. The highest BCUT2D eigenvalue weighted by Gasteiger charge is 2.42. The van der Waals surface area contributed by atoms with Crippen LogP contribution in [-0.4, -0.2) is 29.5 Å². The monoisotopic (exact) mass is 265 g/mol. The summed E-state index contributed by atoms with van der Waals surface area (Å²) in [6.07, 6.45) is -0.492. The average Bonchev–Trinajstić information content (AvgIpc) is 2.37. The normalized spacial score (nSPS) is 21.9. The number of ether oxygens (including phenoxy) is 2. The lowest BCUT2D eigenvalue weighted by Crippen LogP contribution is -2.52. The number of nitro groups is 1. The molecule has 1 aliphatic carbocycles. The molecule has 0 saturated heterocycles. The van der Waals surface area contributed by atoms with Crippen LogP contribution >= 0.6 is 0 Å². The van der Waals surface area contributed by atoms with E-state index >= 15 is 0 Å². The lowest BCUT2D eigenvalue weighted by atomic mass is 9.90. The van der Waals surface area contributed by atoms with Gasteiger partial charge in [0.2, 0.25) is 0 Å². The predicted molar refractivity (Wildman–Crippen MR) is 67.3 cm³/mol. The van der Waals surface area contributed by atoms with E-state index in [-0.39, 0.29) is 17.6 Å². The predicted octanol–water partition coefficient (Wildman–Crippen LogP) is 2.03. The highest BCUT2D eigenvalue weighted by atomic mass is 16.6. The number of non-ortho nitro benzene ring substituents is 1. The maximum atomic E-state index is 11.4. The molecule has 1 fully saturated rings. The van der Waals surface area contributed by atoms with Crippen LogP contribution in [0.1, 0.15) is 18.9 Å². The molecule has 2 atom stereocenters. The Labute approximate surface area is 110 Å². The van der Waals surface area contributed by atoms with Crippen LogP contribution < -0.4 is 4.74 Å². The van der Waals surface area contributed by atoms with Gasteiger partial charge in [-0.1, -0.05) is 0 Å². The summed E-state index contributed by atoms with van der Waals surface area (Å²) in [5.74, 6) is 0.583. The third kappa shape index (κ3) is 2.73. The van der Waals surface area contributed by atoms with Crippen molar-refractivity contribution in [1.82, 2.24) is 0 Å². The van der Waals surface area contributed by atoms with Crippen LogP contribution in [0.25, 0.3) is 0 Å². The number of nitro benzene ring substituents is 1. The quantitative estimate of drug-likeness (QED) is 0.601. The molecule has 0 amide bonds. The van der Waals surface area contributed by atoms with Gasteiger partial charge in [0.25, 0.3) is 5.69 Å². The maximum Gasteiger partial charge on any atom is 0.269 e. The second kappa shape index (κ2) is 5.36. The zero-order valence-electron chi connectivity index (χ0n) is 10.8. The first-order valence-corrected chi connectivity index (χ1v) is 6.09. The van der Waals surface area contributed by atoms with Crippen LogP contribution in [0.2, 0.25) is 0 Å². The topological polar surface area (TPSA) is 78.7 Å². The van der Waals surface area contributed by atoms with Crippen LogP contribution in [0, 0.1) is 17.0 Å². The molecule has 2 rings (SSSR count). The van der Waals surface area contributed by atoms with Gasteiger partial charge in [-0.15, -0.1) is 0 Å². The van der Waals surface area contributed by atoms with E-state index < -0.39 is 11.0 Å². The summed E-state index contributed by atoms with van der Waals surface area (Å²) in [6, 6.07) is 4.39. The molecule has 6 heteroatoms. The molecule has 6 nitrogen and oxygen atoms in total. The minimum absolute atomic E-state index is 0.0240. The van der Waals surface area contributed by atoms with E-state index in [1.165, 1.54) is 12.1 Å². The highest BCUT2D eigenvalue weighted by Crippen LogP contribution is 2.29. The van der Waals surface area contributed by atoms with E-state index in [0.717, 1.165) is 0 Å². The summed E-state index contributed by atoms with van der Waals surface area (Å²) < 4.78 is 11.0. The molecular formula is C13H15NO5. The molecule has 2 unspecified atom stereocenters. The van der Waals surface area contributed by atoms with Crippen LogP contribution in [0.4, 0.5) is 5.69 Å². The molecule has 19 heavy (non-hydrogen) atoms. The van der Waals surface area contributed by atoms with Gasteiger partial charge in [-0.05, 0) is 25.5 Å². The van der Waals surface area contributed by atoms with Gasteiger partial charge in [-0.3, -0.25) is 14.9 Å². The number of nitrogens with zero attached hydrogens (tertiary/aromatic N) is 1. The summed E-state index contributed by atoms with van der Waals surface area (Å²) in [7, 11) is 0. The summed E-state index contributed by atoms with van der Waals surface area (Å²) in [5, 5.41) is 10.6. The van der Waals surface area contributed by atoms with Crippen molar-refractivity contribution in [2.45, 2.75) is 32.5 Å². The minimum Gasteiger partial charge on any atom is -0.486 e. The van der Waals surface area contributed by atoms with Gasteiger partial charge in [0, 0.05) is 25.2 Å². The number of carbonyl (C=O) groups is 1. The van der Waals surface area contributed by atoms with Crippen molar-refractivity contribution in [3.05, 3.63) is 33.9 Å². The number of aryl methyl sites for hydroxylation is 1. The van der Waals surface area contributed by atoms with Gasteiger partial charge < -0.3 is 9.47 Å². The lowest BCUT2D eigenvalue weighted by Gasteiger charge is -2.34. The van der Waals surface area contributed by atoms with Crippen molar-refractivity contribution in [3.8, 4) is 5.75 Å². The number of hydrogen-bond donors (Lipinski definition) is 0. The van der Waals surface area contributed by atoms with Crippen molar-refractivity contribution in [2.24, 2.45) is 0 Å². The number of rotatable bonds is 5. The molecule has 0 bridgehead atoms. The summed E-state index contributed by atoms with van der Waals surface area (Å²) in [5.41, 5.74) is 0.694. The highest BCUT2D eigenvalue weighted by molar-refractivity contribution is 5.90. The zero-order chi connectivity index (χ0) is 14.0. The van der Waals surface area contributed by atoms with Gasteiger partial charge in [0.15, 0.2) is 11.9 Å². The number of ketones is 1. The van der Waals surface area contributed by atoms with E-state index in [0.29, 0.717) is 24.3 Å². The third-order valence-corrected chi connectivity index (χ3v) is 3.05. The molecule has 0 N–H and O–H groups in total. The number of Topliss-reactive ketones (excluding diaryl/α,β-unsaturated/α-hetero) is 1. The van der Waals surface area contributed by atoms with Gasteiger partial charge in [0.1, 0.15) is 11.9 Å². The SMILES string of the molecule is CCOC1C(=O)CC1Oc1ccc([N+](=O)[O-])cc1C. The first-order valence-electron chi connectivity index (χ1n) is 6.09. The first kappa shape index (κ1) is 13.5. The van der Waals surface area contributed by atoms with Crippen molar-refractivity contribution in [2.75, 3.05) is 6.61 Å². The van der Waals surface area contributed by atoms with Crippen molar-refractivity contribution >= 4 is 11.5 Å². The fourth-order valence-corrected chi connectivity index (χ4v) is 1.99. The third-order valence-electron chi connectivity index (χ3n) is 3.05. The van der Waals surface area contributed by atoms with Gasteiger partial charge in [-0.25, -0.2) is 0 Å². The van der Waals surface area contributed by atoms with E-state index in [4.69, 9.17) is 9.47 Å². The van der Waals surface area contributed by atoms with Gasteiger partial charge >= 0.3 is 0 Å². The Morgan fingerprint density at radius 3 is 2.74 bits per heavy atom. The minimum atomic E-state index is -0.514. The molecule has 0 aliphatic heterocycles. The van der Waals surface area contributed by atoms with Gasteiger partial charge in [0.05, 0.1) is 4.92 Å². The van der Waals surface area contributed by atoms with Crippen LogP contribution in [0.3, 0.4) is 0 Å². The molecule has 0 aromatic heterocycles. The molecule has 1 saturated carbocycles. The largest absolute Gasteiger partial charge is 0.486 e. The van der Waals surface area contributed by atoms with Crippen molar-refractivity contribution < 1.29 is 19.2 Å². The van der Waals surface area contributed by atoms with Crippen LogP contribution in [-0.2, 0) is 9.53 Å². The van der Waals surface area contributed by atoms with Crippen LogP contribution in [0.5, 0.6) is 5.75 Å². The van der Waals surface area contributed by atoms with E-state index in [9.17, 15) is 14.9 Å². The maximum absolute atomic E-state index is 11.4. The fraction of sp³-hybridized carbons (Fsp3) is 0.462. The Bertz CT molecular complexity index is 514. The smallest absolute Gasteiger partial charge is 0.269 e.